The zero-order chi connectivity index (χ0) is 11.3. The van der Waals surface area contributed by atoms with Crippen molar-refractivity contribution in [1.29, 1.82) is 0 Å². The summed E-state index contributed by atoms with van der Waals surface area (Å²) in [5.41, 5.74) is 2.00. The van der Waals surface area contributed by atoms with Gasteiger partial charge in [-0.05, 0) is 43.2 Å². The lowest BCUT2D eigenvalue weighted by molar-refractivity contribution is -0.137. The Bertz CT molecular complexity index is 383. The quantitative estimate of drug-likeness (QED) is 0.582. The van der Waals surface area contributed by atoms with Crippen LogP contribution < -0.4 is 0 Å². The van der Waals surface area contributed by atoms with Gasteiger partial charge in [-0.15, -0.1) is 0 Å². The molecular formula is C12H13ClO2. The van der Waals surface area contributed by atoms with Crippen molar-refractivity contribution >= 4 is 23.6 Å². The number of hydrogen-bond donors (Lipinski definition) is 0. The van der Waals surface area contributed by atoms with Crippen LogP contribution in [0.2, 0.25) is 5.02 Å². The molecule has 2 nitrogen and oxygen atoms in total. The third kappa shape index (κ3) is 3.76. The molecule has 0 amide bonds. The summed E-state index contributed by atoms with van der Waals surface area (Å²) in [5, 5.41) is 0.657. The lowest BCUT2D eigenvalue weighted by atomic mass is 10.1. The highest BCUT2D eigenvalue weighted by Gasteiger charge is 1.97. The number of aryl methyl sites for hydroxylation is 1. The van der Waals surface area contributed by atoms with Crippen LogP contribution >= 0.6 is 11.6 Å². The molecule has 0 aliphatic carbocycles. The van der Waals surface area contributed by atoms with Gasteiger partial charge in [0.2, 0.25) is 0 Å². The number of halogens is 1. The Morgan fingerprint density at radius 1 is 1.53 bits per heavy atom. The number of hydrogen-bond acceptors (Lipinski definition) is 2. The van der Waals surface area contributed by atoms with Crippen molar-refractivity contribution in [2.45, 2.75) is 13.8 Å². The molecule has 80 valence electrons. The second-order valence-corrected chi connectivity index (χ2v) is 3.52. The summed E-state index contributed by atoms with van der Waals surface area (Å²) < 4.78 is 4.77. The summed E-state index contributed by atoms with van der Waals surface area (Å²) in [6.45, 7) is 4.12. The first-order valence-corrected chi connectivity index (χ1v) is 5.12. The van der Waals surface area contributed by atoms with Crippen LogP contribution in [0.15, 0.2) is 24.3 Å². The Morgan fingerprint density at radius 3 is 2.93 bits per heavy atom. The first-order valence-electron chi connectivity index (χ1n) is 4.74. The van der Waals surface area contributed by atoms with Gasteiger partial charge in [0, 0.05) is 11.1 Å². The summed E-state index contributed by atoms with van der Waals surface area (Å²) in [7, 11) is 0. The second kappa shape index (κ2) is 5.56. The molecule has 0 heterocycles. The molecule has 0 saturated heterocycles. The van der Waals surface area contributed by atoms with Gasteiger partial charge in [0.1, 0.15) is 0 Å². The van der Waals surface area contributed by atoms with E-state index in [9.17, 15) is 4.79 Å². The van der Waals surface area contributed by atoms with E-state index in [1.54, 1.807) is 13.0 Å². The standard InChI is InChI=1S/C12H13ClO2/c1-3-15-12(14)7-5-10-8-11(13)6-4-9(10)2/h4-8H,3H2,1-2H3/b7-5+. The zero-order valence-corrected chi connectivity index (χ0v) is 9.54. The van der Waals surface area contributed by atoms with E-state index in [1.807, 2.05) is 25.1 Å². The minimum atomic E-state index is -0.336. The van der Waals surface area contributed by atoms with E-state index >= 15 is 0 Å². The normalized spacial score (nSPS) is 10.6. The van der Waals surface area contributed by atoms with Crippen LogP contribution in [-0.2, 0) is 9.53 Å². The van der Waals surface area contributed by atoms with Crippen molar-refractivity contribution in [2.75, 3.05) is 6.61 Å². The summed E-state index contributed by atoms with van der Waals surface area (Å²) in [6.07, 6.45) is 3.11. The summed E-state index contributed by atoms with van der Waals surface area (Å²) in [5.74, 6) is -0.336. The summed E-state index contributed by atoms with van der Waals surface area (Å²) in [6, 6.07) is 5.54. The summed E-state index contributed by atoms with van der Waals surface area (Å²) in [4.78, 5) is 11.1. The van der Waals surface area contributed by atoms with Crippen molar-refractivity contribution < 1.29 is 9.53 Å². The van der Waals surface area contributed by atoms with Crippen molar-refractivity contribution in [2.24, 2.45) is 0 Å². The van der Waals surface area contributed by atoms with Crippen LogP contribution in [0.25, 0.3) is 6.08 Å². The fourth-order valence-corrected chi connectivity index (χ4v) is 1.32. The number of benzene rings is 1. The van der Waals surface area contributed by atoms with Crippen molar-refractivity contribution in [1.82, 2.24) is 0 Å². The first kappa shape index (κ1) is 11.8. The van der Waals surface area contributed by atoms with Gasteiger partial charge in [-0.25, -0.2) is 4.79 Å². The summed E-state index contributed by atoms with van der Waals surface area (Å²) >= 11 is 5.84. The van der Waals surface area contributed by atoms with E-state index in [0.29, 0.717) is 11.6 Å². The maximum absolute atomic E-state index is 11.1. The van der Waals surface area contributed by atoms with Gasteiger partial charge < -0.3 is 4.74 Å². The minimum Gasteiger partial charge on any atom is -0.463 e. The highest BCUT2D eigenvalue weighted by atomic mass is 35.5. The third-order valence-electron chi connectivity index (χ3n) is 1.93. The van der Waals surface area contributed by atoms with Crippen LogP contribution in [0.4, 0.5) is 0 Å². The maximum Gasteiger partial charge on any atom is 0.330 e. The Kier molecular flexibility index (Phi) is 4.37. The topological polar surface area (TPSA) is 26.3 Å². The highest BCUT2D eigenvalue weighted by molar-refractivity contribution is 6.30. The molecule has 0 atom stereocenters. The number of ether oxygens (including phenoxy) is 1. The van der Waals surface area contributed by atoms with Crippen LogP contribution in [0.5, 0.6) is 0 Å². The zero-order valence-electron chi connectivity index (χ0n) is 8.79. The Balaban J connectivity index is 2.79. The molecule has 0 radical (unpaired) electrons. The molecule has 3 heteroatoms. The molecule has 0 N–H and O–H groups in total. The molecule has 0 spiro atoms. The molecule has 0 aliphatic rings. The monoisotopic (exact) mass is 224 g/mol. The number of carbonyl (C=O) groups excluding carboxylic acids is 1. The largest absolute Gasteiger partial charge is 0.463 e. The predicted molar refractivity (Wildman–Crippen MR) is 61.9 cm³/mol. The third-order valence-corrected chi connectivity index (χ3v) is 2.16. The minimum absolute atomic E-state index is 0.336. The molecular weight excluding hydrogens is 212 g/mol. The van der Waals surface area contributed by atoms with Crippen LogP contribution in [0, 0.1) is 6.92 Å². The average Bonchev–Trinajstić information content (AvgIpc) is 2.20. The van der Waals surface area contributed by atoms with Crippen molar-refractivity contribution in [3.63, 3.8) is 0 Å². The van der Waals surface area contributed by atoms with E-state index in [4.69, 9.17) is 16.3 Å². The fraction of sp³-hybridized carbons (Fsp3) is 0.250. The van der Waals surface area contributed by atoms with Gasteiger partial charge in [0.15, 0.2) is 0 Å². The average molecular weight is 225 g/mol. The van der Waals surface area contributed by atoms with E-state index in [1.165, 1.54) is 6.08 Å². The fourth-order valence-electron chi connectivity index (χ4n) is 1.14. The van der Waals surface area contributed by atoms with E-state index < -0.39 is 0 Å². The molecule has 0 aromatic heterocycles. The molecule has 0 saturated carbocycles. The Labute approximate surface area is 94.5 Å². The number of esters is 1. The number of carbonyl (C=O) groups is 1. The molecule has 1 rings (SSSR count). The van der Waals surface area contributed by atoms with Gasteiger partial charge in [-0.2, -0.15) is 0 Å². The van der Waals surface area contributed by atoms with E-state index in [2.05, 4.69) is 0 Å². The molecule has 0 fully saturated rings. The second-order valence-electron chi connectivity index (χ2n) is 3.09. The van der Waals surface area contributed by atoms with Gasteiger partial charge >= 0.3 is 5.97 Å². The Hall–Kier alpha value is -1.28. The van der Waals surface area contributed by atoms with E-state index in [-0.39, 0.29) is 5.97 Å². The van der Waals surface area contributed by atoms with Crippen molar-refractivity contribution in [3.05, 3.63) is 40.4 Å². The Morgan fingerprint density at radius 2 is 2.27 bits per heavy atom. The van der Waals surface area contributed by atoms with Gasteiger partial charge in [0.25, 0.3) is 0 Å². The lowest BCUT2D eigenvalue weighted by Gasteiger charge is -2.00. The van der Waals surface area contributed by atoms with Gasteiger partial charge in [0.05, 0.1) is 6.61 Å². The molecule has 1 aromatic carbocycles. The maximum atomic E-state index is 11.1. The molecule has 15 heavy (non-hydrogen) atoms. The number of rotatable bonds is 3. The predicted octanol–water partition coefficient (Wildman–Crippen LogP) is 3.22. The SMILES string of the molecule is CCOC(=O)/C=C/c1cc(Cl)ccc1C. The van der Waals surface area contributed by atoms with Crippen molar-refractivity contribution in [3.8, 4) is 0 Å². The van der Waals surface area contributed by atoms with Gasteiger partial charge in [-0.1, -0.05) is 17.7 Å². The molecule has 0 unspecified atom stereocenters. The van der Waals surface area contributed by atoms with Crippen LogP contribution in [-0.4, -0.2) is 12.6 Å². The van der Waals surface area contributed by atoms with Gasteiger partial charge in [-0.3, -0.25) is 0 Å². The molecule has 1 aromatic rings. The highest BCUT2D eigenvalue weighted by Crippen LogP contribution is 2.16. The van der Waals surface area contributed by atoms with Crippen LogP contribution in [0.3, 0.4) is 0 Å². The lowest BCUT2D eigenvalue weighted by Crippen LogP contribution is -1.98. The smallest absolute Gasteiger partial charge is 0.330 e. The van der Waals surface area contributed by atoms with Crippen LogP contribution in [0.1, 0.15) is 18.1 Å². The molecule has 0 bridgehead atoms. The first-order chi connectivity index (χ1) is 7.13. The molecule has 0 aliphatic heterocycles. The van der Waals surface area contributed by atoms with E-state index in [0.717, 1.165) is 11.1 Å².